The van der Waals surface area contributed by atoms with Gasteiger partial charge >= 0.3 is 0 Å². The maximum absolute atomic E-state index is 13.1. The molecule has 1 N–H and O–H groups in total. The molecule has 2 saturated heterocycles. The van der Waals surface area contributed by atoms with Crippen molar-refractivity contribution in [2.24, 2.45) is 0 Å². The predicted molar refractivity (Wildman–Crippen MR) is 134 cm³/mol. The Morgan fingerprint density at radius 1 is 0.914 bits per heavy atom. The third-order valence-corrected chi connectivity index (χ3v) is 7.28. The first-order chi connectivity index (χ1) is 17.2. The molecular formula is C26H24N6O2S. The number of rotatable bonds is 5. The van der Waals surface area contributed by atoms with Crippen LogP contribution >= 0.6 is 11.3 Å². The Bertz CT molecular complexity index is 1370. The van der Waals surface area contributed by atoms with Crippen molar-refractivity contribution in [3.63, 3.8) is 0 Å². The molecule has 2 aromatic heterocycles. The van der Waals surface area contributed by atoms with Crippen molar-refractivity contribution in [3.05, 3.63) is 77.0 Å². The van der Waals surface area contributed by atoms with Crippen molar-refractivity contribution in [2.45, 2.75) is 18.5 Å². The molecule has 1 atom stereocenters. The first kappa shape index (κ1) is 21.8. The van der Waals surface area contributed by atoms with E-state index < -0.39 is 0 Å². The molecule has 4 heterocycles. The SMILES string of the molecule is O=C(c1ccc2c(-c3ccccc3)ncnc2c1)N1CC(NC2CCN(C(=O)c3cscn3)C2)C1. The number of likely N-dealkylation sites (tertiary alicyclic amines) is 2. The quantitative estimate of drug-likeness (QED) is 0.468. The van der Waals surface area contributed by atoms with Crippen LogP contribution in [0.3, 0.4) is 0 Å². The van der Waals surface area contributed by atoms with E-state index in [4.69, 9.17) is 0 Å². The van der Waals surface area contributed by atoms with E-state index in [0.29, 0.717) is 30.9 Å². The monoisotopic (exact) mass is 484 g/mol. The number of fused-ring (bicyclic) bond motifs is 1. The van der Waals surface area contributed by atoms with E-state index in [0.717, 1.165) is 35.1 Å². The minimum atomic E-state index is -0.00324. The van der Waals surface area contributed by atoms with Crippen LogP contribution in [-0.2, 0) is 0 Å². The highest BCUT2D eigenvalue weighted by molar-refractivity contribution is 7.07. The van der Waals surface area contributed by atoms with Gasteiger partial charge in [0.15, 0.2) is 0 Å². The highest BCUT2D eigenvalue weighted by Gasteiger charge is 2.35. The van der Waals surface area contributed by atoms with Crippen LogP contribution < -0.4 is 5.32 Å². The smallest absolute Gasteiger partial charge is 0.273 e. The number of amides is 2. The van der Waals surface area contributed by atoms with Crippen molar-refractivity contribution in [1.29, 1.82) is 0 Å². The van der Waals surface area contributed by atoms with Gasteiger partial charge in [-0.25, -0.2) is 15.0 Å². The van der Waals surface area contributed by atoms with Gasteiger partial charge in [0, 0.05) is 60.2 Å². The second-order valence-electron chi connectivity index (χ2n) is 9.00. The average molecular weight is 485 g/mol. The van der Waals surface area contributed by atoms with Gasteiger partial charge in [-0.3, -0.25) is 9.59 Å². The van der Waals surface area contributed by atoms with Gasteiger partial charge < -0.3 is 15.1 Å². The molecule has 0 bridgehead atoms. The standard InChI is InChI=1S/C26H24N6O2S/c33-25(18-6-7-21-22(10-18)27-15-28-24(21)17-4-2-1-3-5-17)32-12-20(13-32)30-19-8-9-31(11-19)26(34)23-14-35-16-29-23/h1-7,10,14-16,19-20,30H,8-9,11-13H2. The van der Waals surface area contributed by atoms with E-state index in [1.165, 1.54) is 11.3 Å². The molecular weight excluding hydrogens is 460 g/mol. The molecule has 1 unspecified atom stereocenters. The number of aromatic nitrogens is 3. The summed E-state index contributed by atoms with van der Waals surface area (Å²) in [6.45, 7) is 2.72. The summed E-state index contributed by atoms with van der Waals surface area (Å²) in [4.78, 5) is 42.3. The molecule has 176 valence electrons. The largest absolute Gasteiger partial charge is 0.336 e. The van der Waals surface area contributed by atoms with Crippen LogP contribution in [0.4, 0.5) is 0 Å². The number of hydrogen-bond acceptors (Lipinski definition) is 7. The predicted octanol–water partition coefficient (Wildman–Crippen LogP) is 3.08. The summed E-state index contributed by atoms with van der Waals surface area (Å²) in [5.41, 5.74) is 5.48. The Kier molecular flexibility index (Phi) is 5.71. The molecule has 0 aliphatic carbocycles. The summed E-state index contributed by atoms with van der Waals surface area (Å²) in [5.74, 6) is 0.00748. The number of carbonyl (C=O) groups excluding carboxylic acids is 2. The first-order valence-corrected chi connectivity index (χ1v) is 12.6. The highest BCUT2D eigenvalue weighted by atomic mass is 32.1. The van der Waals surface area contributed by atoms with Gasteiger partial charge in [0.2, 0.25) is 0 Å². The maximum atomic E-state index is 13.1. The third kappa shape index (κ3) is 4.28. The van der Waals surface area contributed by atoms with Gasteiger partial charge in [0.1, 0.15) is 12.0 Å². The van der Waals surface area contributed by atoms with Gasteiger partial charge in [-0.15, -0.1) is 11.3 Å². The van der Waals surface area contributed by atoms with Crippen LogP contribution in [0.15, 0.2) is 65.7 Å². The second-order valence-corrected chi connectivity index (χ2v) is 9.72. The minimum Gasteiger partial charge on any atom is -0.336 e. The lowest BCUT2D eigenvalue weighted by Gasteiger charge is -2.41. The third-order valence-electron chi connectivity index (χ3n) is 6.70. The molecule has 0 spiro atoms. The van der Waals surface area contributed by atoms with Crippen molar-refractivity contribution in [1.82, 2.24) is 30.1 Å². The van der Waals surface area contributed by atoms with E-state index in [1.54, 1.807) is 17.2 Å². The summed E-state index contributed by atoms with van der Waals surface area (Å²) < 4.78 is 0. The molecule has 0 saturated carbocycles. The molecule has 2 aromatic carbocycles. The Hall–Kier alpha value is -3.69. The van der Waals surface area contributed by atoms with Crippen LogP contribution in [-0.4, -0.2) is 74.8 Å². The molecule has 2 aliphatic rings. The zero-order valence-electron chi connectivity index (χ0n) is 19.0. The van der Waals surface area contributed by atoms with E-state index in [2.05, 4.69) is 20.3 Å². The fourth-order valence-electron chi connectivity index (χ4n) is 4.84. The van der Waals surface area contributed by atoms with Crippen LogP contribution in [0.2, 0.25) is 0 Å². The fraction of sp³-hybridized carbons (Fsp3) is 0.269. The molecule has 2 amide bonds. The first-order valence-electron chi connectivity index (χ1n) is 11.7. The Labute approximate surface area is 206 Å². The number of thiazole rings is 1. The van der Waals surface area contributed by atoms with Crippen molar-refractivity contribution >= 4 is 34.1 Å². The molecule has 2 aliphatic heterocycles. The van der Waals surface area contributed by atoms with Crippen LogP contribution in [0.1, 0.15) is 27.3 Å². The lowest BCUT2D eigenvalue weighted by Crippen LogP contribution is -2.62. The highest BCUT2D eigenvalue weighted by Crippen LogP contribution is 2.26. The van der Waals surface area contributed by atoms with Crippen molar-refractivity contribution in [2.75, 3.05) is 26.2 Å². The van der Waals surface area contributed by atoms with E-state index in [9.17, 15) is 9.59 Å². The summed E-state index contributed by atoms with van der Waals surface area (Å²) in [5, 5.41) is 6.33. The second kappa shape index (κ2) is 9.16. The summed E-state index contributed by atoms with van der Waals surface area (Å²) in [7, 11) is 0. The van der Waals surface area contributed by atoms with E-state index in [-0.39, 0.29) is 23.9 Å². The van der Waals surface area contributed by atoms with Gasteiger partial charge in [-0.1, -0.05) is 30.3 Å². The Morgan fingerprint density at radius 3 is 2.54 bits per heavy atom. The van der Waals surface area contributed by atoms with Crippen LogP contribution in [0, 0.1) is 0 Å². The summed E-state index contributed by atoms with van der Waals surface area (Å²) >= 11 is 1.43. The molecule has 8 nitrogen and oxygen atoms in total. The van der Waals surface area contributed by atoms with Crippen molar-refractivity contribution < 1.29 is 9.59 Å². The normalized spacial score (nSPS) is 18.1. The van der Waals surface area contributed by atoms with Gasteiger partial charge in [0.25, 0.3) is 11.8 Å². The zero-order valence-corrected chi connectivity index (χ0v) is 19.8. The molecule has 6 rings (SSSR count). The average Bonchev–Trinajstić information content (AvgIpc) is 3.58. The lowest BCUT2D eigenvalue weighted by atomic mass is 10.0. The Balaban J connectivity index is 1.07. The number of nitrogens with zero attached hydrogens (tertiary/aromatic N) is 5. The topological polar surface area (TPSA) is 91.3 Å². The number of benzene rings is 2. The van der Waals surface area contributed by atoms with Crippen LogP contribution in [0.5, 0.6) is 0 Å². The van der Waals surface area contributed by atoms with E-state index >= 15 is 0 Å². The summed E-state index contributed by atoms with van der Waals surface area (Å²) in [6, 6.07) is 16.1. The van der Waals surface area contributed by atoms with Gasteiger partial charge in [0.05, 0.1) is 16.7 Å². The molecule has 4 aromatic rings. The number of nitrogens with one attached hydrogen (secondary N) is 1. The Morgan fingerprint density at radius 2 is 1.74 bits per heavy atom. The molecule has 35 heavy (non-hydrogen) atoms. The molecule has 9 heteroatoms. The maximum Gasteiger partial charge on any atom is 0.273 e. The van der Waals surface area contributed by atoms with Crippen molar-refractivity contribution in [3.8, 4) is 11.3 Å². The van der Waals surface area contributed by atoms with Crippen LogP contribution in [0.25, 0.3) is 22.2 Å². The number of hydrogen-bond donors (Lipinski definition) is 1. The van der Waals surface area contributed by atoms with Gasteiger partial charge in [-0.05, 0) is 24.6 Å². The van der Waals surface area contributed by atoms with Gasteiger partial charge in [-0.2, -0.15) is 0 Å². The zero-order chi connectivity index (χ0) is 23.8. The minimum absolute atomic E-state index is 0.00324. The van der Waals surface area contributed by atoms with E-state index in [1.807, 2.05) is 58.3 Å². The number of carbonyl (C=O) groups is 2. The lowest BCUT2D eigenvalue weighted by molar-refractivity contribution is 0.0553. The summed E-state index contributed by atoms with van der Waals surface area (Å²) in [6.07, 6.45) is 2.46. The molecule has 0 radical (unpaired) electrons. The fourth-order valence-corrected chi connectivity index (χ4v) is 5.37. The molecule has 2 fully saturated rings.